The number of carboxylic acid groups (broad SMARTS) is 1. The highest BCUT2D eigenvalue weighted by Gasteiger charge is 2.12. The smallest absolute Gasteiger partial charge is 0.311 e. The number of carboxylic acids is 1. The zero-order valence-electron chi connectivity index (χ0n) is 5.70. The van der Waals surface area contributed by atoms with Gasteiger partial charge in [0.2, 0.25) is 5.78 Å². The molecule has 0 rings (SSSR count). The Morgan fingerprint density at radius 1 is 1.64 bits per heavy atom. The second-order valence-electron chi connectivity index (χ2n) is 1.56. The van der Waals surface area contributed by atoms with Gasteiger partial charge in [-0.25, -0.2) is 0 Å². The first-order valence-electron chi connectivity index (χ1n) is 2.59. The Bertz CT molecular complexity index is 201. The van der Waals surface area contributed by atoms with E-state index >= 15 is 0 Å². The van der Waals surface area contributed by atoms with Gasteiger partial charge >= 0.3 is 5.97 Å². The quantitative estimate of drug-likeness (QED) is 0.425. The molecule has 0 amide bonds. The van der Waals surface area contributed by atoms with Crippen molar-refractivity contribution in [2.75, 3.05) is 7.11 Å². The molecule has 0 aromatic rings. The van der Waals surface area contributed by atoms with Crippen molar-refractivity contribution < 1.29 is 19.5 Å². The minimum Gasteiger partial charge on any atom is -0.481 e. The minimum atomic E-state index is -1.20. The molecule has 0 heterocycles. The number of carbonyl (C=O) groups excluding carboxylic acids is 1. The van der Waals surface area contributed by atoms with Crippen LogP contribution in [-0.2, 0) is 14.4 Å². The van der Waals surface area contributed by atoms with E-state index in [1.165, 1.54) is 7.11 Å². The fourth-order valence-electron chi connectivity index (χ4n) is 0.341. The molecule has 6 heteroatoms. The number of oxime groups is 1. The van der Waals surface area contributed by atoms with Gasteiger partial charge in [0.05, 0.1) is 0 Å². The third kappa shape index (κ3) is 4.49. The number of rotatable bonds is 4. The molecule has 0 saturated heterocycles. The maximum atomic E-state index is 10.7. The highest BCUT2D eigenvalue weighted by Crippen LogP contribution is 1.96. The van der Waals surface area contributed by atoms with Gasteiger partial charge in [0.1, 0.15) is 13.5 Å². The van der Waals surface area contributed by atoms with Crippen LogP contribution in [0.5, 0.6) is 0 Å². The van der Waals surface area contributed by atoms with Gasteiger partial charge in [-0.15, -0.1) is 0 Å². The normalized spacial score (nSPS) is 10.9. The Morgan fingerprint density at radius 3 is 2.55 bits per heavy atom. The third-order valence-corrected chi connectivity index (χ3v) is 1.30. The van der Waals surface area contributed by atoms with Crippen LogP contribution in [0.15, 0.2) is 5.16 Å². The van der Waals surface area contributed by atoms with E-state index in [1.54, 1.807) is 0 Å². The Morgan fingerprint density at radius 2 is 2.18 bits per heavy atom. The molecule has 1 N–H and O–H groups in total. The lowest BCUT2D eigenvalue weighted by atomic mass is 10.3. The molecule has 0 saturated carbocycles. The van der Waals surface area contributed by atoms with Crippen molar-refractivity contribution in [1.82, 2.24) is 0 Å². The number of hydrogen-bond acceptors (Lipinski definition) is 4. The molecule has 0 spiro atoms. The summed E-state index contributed by atoms with van der Waals surface area (Å²) in [5.74, 6) is -1.82. The monoisotopic (exact) mass is 223 g/mol. The van der Waals surface area contributed by atoms with Crippen LogP contribution in [0.25, 0.3) is 0 Å². The number of nitrogens with zero attached hydrogens (tertiary/aromatic N) is 1. The summed E-state index contributed by atoms with van der Waals surface area (Å²) in [5, 5.41) is 11.4. The van der Waals surface area contributed by atoms with Crippen molar-refractivity contribution in [2.45, 2.75) is 6.42 Å². The van der Waals surface area contributed by atoms with E-state index in [1.807, 2.05) is 0 Å². The van der Waals surface area contributed by atoms with Gasteiger partial charge in [0, 0.05) is 0 Å². The van der Waals surface area contributed by atoms with E-state index in [-0.39, 0.29) is 4.62 Å². The van der Waals surface area contributed by atoms with Crippen LogP contribution < -0.4 is 0 Å². The van der Waals surface area contributed by atoms with Crippen molar-refractivity contribution >= 4 is 32.3 Å². The van der Waals surface area contributed by atoms with E-state index in [4.69, 9.17) is 5.11 Å². The van der Waals surface area contributed by atoms with Crippen molar-refractivity contribution in [3.05, 3.63) is 0 Å². The largest absolute Gasteiger partial charge is 0.481 e. The first-order valence-corrected chi connectivity index (χ1v) is 3.39. The van der Waals surface area contributed by atoms with Crippen LogP contribution in [0.4, 0.5) is 0 Å². The highest BCUT2D eigenvalue weighted by molar-refractivity contribution is 9.19. The van der Waals surface area contributed by atoms with E-state index in [9.17, 15) is 9.59 Å². The number of ketones is 1. The Kier molecular flexibility index (Phi) is 4.44. The Labute approximate surface area is 71.1 Å². The average molecular weight is 224 g/mol. The van der Waals surface area contributed by atoms with Gasteiger partial charge in [-0.05, 0) is 15.9 Å². The lowest BCUT2D eigenvalue weighted by Gasteiger charge is -1.92. The molecule has 0 bridgehead atoms. The minimum absolute atomic E-state index is 0.123. The predicted molar refractivity (Wildman–Crippen MR) is 40.6 cm³/mol. The number of halogens is 1. The van der Waals surface area contributed by atoms with Crippen molar-refractivity contribution in [2.24, 2.45) is 5.16 Å². The highest BCUT2D eigenvalue weighted by atomic mass is 79.9. The standard InChI is InChI=1S/C5H6BrNO4/c1-11-7-5(6)3(8)2-4(9)10/h2H2,1H3,(H,9,10). The summed E-state index contributed by atoms with van der Waals surface area (Å²) >= 11 is 2.74. The van der Waals surface area contributed by atoms with Crippen LogP contribution in [-0.4, -0.2) is 28.6 Å². The van der Waals surface area contributed by atoms with E-state index in [0.29, 0.717) is 0 Å². The number of aliphatic carboxylic acids is 1. The van der Waals surface area contributed by atoms with Crippen LogP contribution >= 0.6 is 15.9 Å². The van der Waals surface area contributed by atoms with Gasteiger partial charge in [-0.2, -0.15) is 0 Å². The second-order valence-corrected chi connectivity index (χ2v) is 2.31. The molecule has 0 aliphatic heterocycles. The van der Waals surface area contributed by atoms with Crippen LogP contribution in [0.2, 0.25) is 0 Å². The molecule has 0 unspecified atom stereocenters. The average Bonchev–Trinajstić information content (AvgIpc) is 1.86. The topological polar surface area (TPSA) is 76.0 Å². The van der Waals surface area contributed by atoms with Crippen molar-refractivity contribution in [1.29, 1.82) is 0 Å². The number of hydrogen-bond donors (Lipinski definition) is 1. The fraction of sp³-hybridized carbons (Fsp3) is 0.400. The lowest BCUT2D eigenvalue weighted by molar-refractivity contribution is -0.138. The third-order valence-electron chi connectivity index (χ3n) is 0.713. The summed E-state index contributed by atoms with van der Waals surface area (Å²) < 4.78 is -0.123. The zero-order valence-corrected chi connectivity index (χ0v) is 7.29. The van der Waals surface area contributed by atoms with Gasteiger partial charge < -0.3 is 9.94 Å². The Hall–Kier alpha value is -0.910. The maximum absolute atomic E-state index is 10.7. The summed E-state index contributed by atoms with van der Waals surface area (Å²) in [7, 11) is 1.26. The molecule has 5 nitrogen and oxygen atoms in total. The van der Waals surface area contributed by atoms with E-state index in [0.717, 1.165) is 0 Å². The van der Waals surface area contributed by atoms with E-state index in [2.05, 4.69) is 25.9 Å². The SMILES string of the molecule is CON=C(Br)C(=O)CC(=O)O. The molecule has 0 aromatic heterocycles. The van der Waals surface area contributed by atoms with Crippen molar-refractivity contribution in [3.63, 3.8) is 0 Å². The molecule has 0 atom stereocenters. The molecular formula is C5H6BrNO4. The second kappa shape index (κ2) is 4.84. The predicted octanol–water partition coefficient (Wildman–Crippen LogP) is 0.385. The molecule has 0 aliphatic carbocycles. The van der Waals surface area contributed by atoms with Crippen molar-refractivity contribution in [3.8, 4) is 0 Å². The summed E-state index contributed by atoms with van der Waals surface area (Å²) in [6.45, 7) is 0. The number of Topliss-reactive ketones (excluding diaryl/α,β-unsaturated/α-hetero) is 1. The molecule has 0 aliphatic rings. The Balaban J connectivity index is 4.03. The van der Waals surface area contributed by atoms with Gasteiger partial charge in [-0.3, -0.25) is 9.59 Å². The van der Waals surface area contributed by atoms with Crippen LogP contribution in [0.3, 0.4) is 0 Å². The maximum Gasteiger partial charge on any atom is 0.311 e. The molecule has 0 radical (unpaired) electrons. The first kappa shape index (κ1) is 10.1. The molecular weight excluding hydrogens is 218 g/mol. The fourth-order valence-corrected chi connectivity index (χ4v) is 0.626. The van der Waals surface area contributed by atoms with Gasteiger partial charge in [0.25, 0.3) is 0 Å². The number of carbonyl (C=O) groups is 2. The summed E-state index contributed by atoms with van der Waals surface area (Å²) in [6.07, 6.45) is -0.590. The van der Waals surface area contributed by atoms with Gasteiger partial charge in [-0.1, -0.05) is 5.16 Å². The summed E-state index contributed by atoms with van der Waals surface area (Å²) in [6, 6.07) is 0. The molecule has 0 fully saturated rings. The van der Waals surface area contributed by atoms with Crippen LogP contribution in [0, 0.1) is 0 Å². The van der Waals surface area contributed by atoms with E-state index < -0.39 is 18.2 Å². The van der Waals surface area contributed by atoms with Gasteiger partial charge in [0.15, 0.2) is 4.62 Å². The summed E-state index contributed by atoms with van der Waals surface area (Å²) in [4.78, 5) is 24.9. The first-order chi connectivity index (χ1) is 5.07. The summed E-state index contributed by atoms with van der Waals surface area (Å²) in [5.41, 5.74) is 0. The molecule has 62 valence electrons. The zero-order chi connectivity index (χ0) is 8.85. The molecule has 11 heavy (non-hydrogen) atoms. The molecule has 0 aromatic carbocycles. The van der Waals surface area contributed by atoms with Crippen LogP contribution in [0.1, 0.15) is 6.42 Å². The lowest BCUT2D eigenvalue weighted by Crippen LogP contribution is -2.12.